The molecule has 1 amide bonds. The van der Waals surface area contributed by atoms with Crippen LogP contribution in [0.1, 0.15) is 12.5 Å². The molecule has 8 heteroatoms. The molecule has 0 radical (unpaired) electrons. The van der Waals surface area contributed by atoms with E-state index in [1.807, 2.05) is 16.7 Å². The van der Waals surface area contributed by atoms with E-state index in [0.29, 0.717) is 43.3 Å². The van der Waals surface area contributed by atoms with Crippen molar-refractivity contribution in [2.45, 2.75) is 19.1 Å². The predicted octanol–water partition coefficient (Wildman–Crippen LogP) is 3.86. The zero-order valence-electron chi connectivity index (χ0n) is 16.4. The molecular formula is C21H24F3N3O2. The molecule has 1 N–H and O–H groups in total. The third-order valence-corrected chi connectivity index (χ3v) is 5.12. The zero-order chi connectivity index (χ0) is 21.0. The summed E-state index contributed by atoms with van der Waals surface area (Å²) in [6, 6.07) is 12.1. The molecule has 5 nitrogen and oxygen atoms in total. The minimum absolute atomic E-state index is 0.134. The van der Waals surface area contributed by atoms with Gasteiger partial charge in [-0.15, -0.1) is 0 Å². The summed E-state index contributed by atoms with van der Waals surface area (Å²) < 4.78 is 44.0. The molecule has 1 atom stereocenters. The number of ether oxygens (including phenoxy) is 1. The highest BCUT2D eigenvalue weighted by molar-refractivity contribution is 5.94. The second-order valence-electron chi connectivity index (χ2n) is 6.97. The number of benzene rings is 2. The SMILES string of the molecule is COc1cccc(NC(=O)[C@H](C)N2CCN(c3cccc(C(F)(F)F)c3)CC2)c1. The second-order valence-corrected chi connectivity index (χ2v) is 6.97. The van der Waals surface area contributed by atoms with Crippen molar-refractivity contribution in [3.8, 4) is 5.75 Å². The van der Waals surface area contributed by atoms with Crippen LogP contribution in [0.15, 0.2) is 48.5 Å². The van der Waals surface area contributed by atoms with Crippen LogP contribution >= 0.6 is 0 Å². The van der Waals surface area contributed by atoms with Gasteiger partial charge in [0, 0.05) is 43.6 Å². The number of nitrogens with one attached hydrogen (secondary N) is 1. The van der Waals surface area contributed by atoms with Gasteiger partial charge in [0.05, 0.1) is 18.7 Å². The Morgan fingerprint density at radius 1 is 1.07 bits per heavy atom. The number of piperazine rings is 1. The highest BCUT2D eigenvalue weighted by Gasteiger charge is 2.31. The highest BCUT2D eigenvalue weighted by atomic mass is 19.4. The van der Waals surface area contributed by atoms with E-state index in [1.165, 1.54) is 12.1 Å². The molecule has 156 valence electrons. The third kappa shape index (κ3) is 5.20. The van der Waals surface area contributed by atoms with Gasteiger partial charge in [0.2, 0.25) is 5.91 Å². The maximum absolute atomic E-state index is 12.9. The van der Waals surface area contributed by atoms with Crippen molar-refractivity contribution in [1.29, 1.82) is 0 Å². The quantitative estimate of drug-likeness (QED) is 0.818. The van der Waals surface area contributed by atoms with Gasteiger partial charge in [-0.1, -0.05) is 12.1 Å². The summed E-state index contributed by atoms with van der Waals surface area (Å²) in [5.74, 6) is 0.524. The number of rotatable bonds is 5. The smallest absolute Gasteiger partial charge is 0.416 e. The molecule has 0 aromatic heterocycles. The minimum Gasteiger partial charge on any atom is -0.497 e. The molecular weight excluding hydrogens is 383 g/mol. The van der Waals surface area contributed by atoms with Crippen molar-refractivity contribution in [3.63, 3.8) is 0 Å². The third-order valence-electron chi connectivity index (χ3n) is 5.12. The first kappa shape index (κ1) is 21.0. The number of carbonyl (C=O) groups excluding carboxylic acids is 1. The second kappa shape index (κ2) is 8.73. The number of anilines is 2. The number of hydrogen-bond acceptors (Lipinski definition) is 4. The minimum atomic E-state index is -4.36. The molecule has 0 bridgehead atoms. The maximum atomic E-state index is 12.9. The monoisotopic (exact) mass is 407 g/mol. The van der Waals surface area contributed by atoms with Gasteiger partial charge in [-0.25, -0.2) is 0 Å². The lowest BCUT2D eigenvalue weighted by Crippen LogP contribution is -2.52. The van der Waals surface area contributed by atoms with Gasteiger partial charge < -0.3 is 15.0 Å². The fourth-order valence-electron chi connectivity index (χ4n) is 3.36. The number of amides is 1. The first-order chi connectivity index (χ1) is 13.8. The molecule has 1 fully saturated rings. The molecule has 0 unspecified atom stereocenters. The zero-order valence-corrected chi connectivity index (χ0v) is 16.4. The Kier molecular flexibility index (Phi) is 6.32. The van der Waals surface area contributed by atoms with Crippen LogP contribution in [0.25, 0.3) is 0 Å². The van der Waals surface area contributed by atoms with Gasteiger partial charge in [-0.05, 0) is 37.3 Å². The molecule has 2 aromatic rings. The normalized spacial score (nSPS) is 16.4. The van der Waals surface area contributed by atoms with Crippen LogP contribution in [-0.4, -0.2) is 50.1 Å². The van der Waals surface area contributed by atoms with Crippen LogP contribution in [0.5, 0.6) is 5.75 Å². The van der Waals surface area contributed by atoms with Crippen LogP contribution in [0.4, 0.5) is 24.5 Å². The molecule has 3 rings (SSSR count). The molecule has 0 aliphatic carbocycles. The van der Waals surface area contributed by atoms with E-state index in [0.717, 1.165) is 6.07 Å². The van der Waals surface area contributed by atoms with Gasteiger partial charge in [0.25, 0.3) is 0 Å². The van der Waals surface area contributed by atoms with Crippen LogP contribution in [0.2, 0.25) is 0 Å². The fraction of sp³-hybridized carbons (Fsp3) is 0.381. The first-order valence-corrected chi connectivity index (χ1v) is 9.39. The lowest BCUT2D eigenvalue weighted by Gasteiger charge is -2.38. The Bertz CT molecular complexity index is 849. The topological polar surface area (TPSA) is 44.8 Å². The summed E-state index contributed by atoms with van der Waals surface area (Å²) in [5.41, 5.74) is 0.556. The molecule has 1 aliphatic heterocycles. The van der Waals surface area contributed by atoms with Gasteiger partial charge >= 0.3 is 6.18 Å². The van der Waals surface area contributed by atoms with Crippen molar-refractivity contribution in [3.05, 3.63) is 54.1 Å². The van der Waals surface area contributed by atoms with Crippen LogP contribution in [-0.2, 0) is 11.0 Å². The van der Waals surface area contributed by atoms with Crippen molar-refractivity contribution in [2.75, 3.05) is 43.5 Å². The lowest BCUT2D eigenvalue weighted by molar-refractivity contribution is -0.137. The molecule has 1 heterocycles. The van der Waals surface area contributed by atoms with E-state index in [2.05, 4.69) is 5.32 Å². The van der Waals surface area contributed by atoms with Gasteiger partial charge in [0.15, 0.2) is 0 Å². The van der Waals surface area contributed by atoms with Gasteiger partial charge in [-0.3, -0.25) is 9.69 Å². The molecule has 0 saturated carbocycles. The lowest BCUT2D eigenvalue weighted by atomic mass is 10.1. The molecule has 1 saturated heterocycles. The van der Waals surface area contributed by atoms with E-state index in [4.69, 9.17) is 4.74 Å². The summed E-state index contributed by atoms with van der Waals surface area (Å²) in [6.45, 7) is 4.11. The molecule has 2 aromatic carbocycles. The number of hydrogen-bond donors (Lipinski definition) is 1. The van der Waals surface area contributed by atoms with Crippen LogP contribution in [0, 0.1) is 0 Å². The van der Waals surface area contributed by atoms with Crippen molar-refractivity contribution in [2.24, 2.45) is 0 Å². The summed E-state index contributed by atoms with van der Waals surface area (Å²) in [5, 5.41) is 2.88. The van der Waals surface area contributed by atoms with Crippen LogP contribution in [0.3, 0.4) is 0 Å². The Balaban J connectivity index is 1.58. The number of carbonyl (C=O) groups is 1. The van der Waals surface area contributed by atoms with E-state index in [-0.39, 0.29) is 11.9 Å². The molecule has 1 aliphatic rings. The Morgan fingerprint density at radius 3 is 2.41 bits per heavy atom. The Labute approximate surface area is 168 Å². The largest absolute Gasteiger partial charge is 0.497 e. The average Bonchev–Trinajstić information content (AvgIpc) is 2.73. The number of nitrogens with zero attached hydrogens (tertiary/aromatic N) is 2. The van der Waals surface area contributed by atoms with Gasteiger partial charge in [0.1, 0.15) is 5.75 Å². The fourth-order valence-corrected chi connectivity index (χ4v) is 3.36. The number of methoxy groups -OCH3 is 1. The molecule has 0 spiro atoms. The van der Waals surface area contributed by atoms with Crippen molar-refractivity contribution in [1.82, 2.24) is 4.90 Å². The van der Waals surface area contributed by atoms with Crippen LogP contribution < -0.4 is 15.0 Å². The summed E-state index contributed by atoms with van der Waals surface area (Å²) in [6.07, 6.45) is -4.36. The first-order valence-electron chi connectivity index (χ1n) is 9.39. The van der Waals surface area contributed by atoms with E-state index in [1.54, 1.807) is 37.4 Å². The number of alkyl halides is 3. The summed E-state index contributed by atoms with van der Waals surface area (Å²) in [7, 11) is 1.56. The highest BCUT2D eigenvalue weighted by Crippen LogP contribution is 2.32. The van der Waals surface area contributed by atoms with E-state index < -0.39 is 11.7 Å². The standard InChI is InChI=1S/C21H24F3N3O2/c1-15(20(28)25-17-6-4-8-19(14-17)29-2)26-9-11-27(12-10-26)18-7-3-5-16(13-18)21(22,23)24/h3-8,13-15H,9-12H2,1-2H3,(H,25,28)/t15-/m0/s1. The summed E-state index contributed by atoms with van der Waals surface area (Å²) in [4.78, 5) is 16.5. The molecule has 29 heavy (non-hydrogen) atoms. The predicted molar refractivity (Wildman–Crippen MR) is 106 cm³/mol. The average molecular weight is 407 g/mol. The van der Waals surface area contributed by atoms with E-state index >= 15 is 0 Å². The van der Waals surface area contributed by atoms with Crippen molar-refractivity contribution < 1.29 is 22.7 Å². The maximum Gasteiger partial charge on any atom is 0.416 e. The Morgan fingerprint density at radius 2 is 1.76 bits per heavy atom. The Hall–Kier alpha value is -2.74. The number of halogens is 3. The van der Waals surface area contributed by atoms with Crippen molar-refractivity contribution >= 4 is 17.3 Å². The summed E-state index contributed by atoms with van der Waals surface area (Å²) >= 11 is 0. The van der Waals surface area contributed by atoms with E-state index in [9.17, 15) is 18.0 Å². The van der Waals surface area contributed by atoms with Gasteiger partial charge in [-0.2, -0.15) is 13.2 Å².